The van der Waals surface area contributed by atoms with Gasteiger partial charge in [0.25, 0.3) is 0 Å². The van der Waals surface area contributed by atoms with Crippen LogP contribution in [0, 0.1) is 0 Å². The number of hydrogen-bond donors (Lipinski definition) is 1. The van der Waals surface area contributed by atoms with E-state index in [1.807, 2.05) is 48.1 Å². The van der Waals surface area contributed by atoms with Crippen molar-refractivity contribution in [2.75, 3.05) is 5.32 Å². The summed E-state index contributed by atoms with van der Waals surface area (Å²) in [5, 5.41) is 7.56. The number of benzene rings is 2. The summed E-state index contributed by atoms with van der Waals surface area (Å²) in [5.41, 5.74) is 2.73. The summed E-state index contributed by atoms with van der Waals surface area (Å²) in [6.45, 7) is 2.60. The molecule has 0 saturated carbocycles. The molecule has 3 aromatic rings. The van der Waals surface area contributed by atoms with Gasteiger partial charge in [0.2, 0.25) is 9.84 Å². The smallest absolute Gasteiger partial charge is 0.341 e. The van der Waals surface area contributed by atoms with Crippen LogP contribution in [0.1, 0.15) is 24.1 Å². The number of alkyl halides is 2. The Bertz CT molecular complexity index is 987. The molecule has 0 saturated heterocycles. The molecule has 5 nitrogen and oxygen atoms in total. The minimum Gasteiger partial charge on any atom is -0.378 e. The van der Waals surface area contributed by atoms with E-state index in [0.29, 0.717) is 12.2 Å². The molecule has 27 heavy (non-hydrogen) atoms. The first-order valence-corrected chi connectivity index (χ1v) is 9.86. The number of nitrogens with one attached hydrogen (secondary N) is 1. The predicted octanol–water partition coefficient (Wildman–Crippen LogP) is 4.10. The highest BCUT2D eigenvalue weighted by atomic mass is 32.2. The zero-order valence-electron chi connectivity index (χ0n) is 14.6. The molecular formula is C19H19F2N3O2S. The third kappa shape index (κ3) is 4.51. The molecule has 1 N–H and O–H groups in total. The van der Waals surface area contributed by atoms with Crippen molar-refractivity contribution < 1.29 is 17.2 Å². The van der Waals surface area contributed by atoms with Gasteiger partial charge in [0.15, 0.2) is 0 Å². The molecule has 3 rings (SSSR count). The van der Waals surface area contributed by atoms with Crippen molar-refractivity contribution in [3.05, 3.63) is 78.1 Å². The molecule has 8 heteroatoms. The highest BCUT2D eigenvalue weighted by molar-refractivity contribution is 7.91. The van der Waals surface area contributed by atoms with Gasteiger partial charge in [-0.15, -0.1) is 0 Å². The second-order valence-electron chi connectivity index (χ2n) is 6.15. The Labute approximate surface area is 156 Å². The van der Waals surface area contributed by atoms with Crippen molar-refractivity contribution in [2.24, 2.45) is 0 Å². The minimum atomic E-state index is -4.58. The Morgan fingerprint density at radius 3 is 2.37 bits per heavy atom. The molecule has 1 heterocycles. The van der Waals surface area contributed by atoms with E-state index in [0.717, 1.165) is 11.1 Å². The Morgan fingerprint density at radius 2 is 1.74 bits per heavy atom. The van der Waals surface area contributed by atoms with Crippen molar-refractivity contribution in [3.8, 4) is 0 Å². The van der Waals surface area contributed by atoms with Gasteiger partial charge in [0, 0.05) is 17.4 Å². The summed E-state index contributed by atoms with van der Waals surface area (Å²) < 4.78 is 49.9. The SMILES string of the molecule is CC(Nc1ccc(S(=O)(=O)C(F)F)cc1)c1cnn(Cc2ccccc2)c1. The van der Waals surface area contributed by atoms with Crippen molar-refractivity contribution in [1.29, 1.82) is 0 Å². The van der Waals surface area contributed by atoms with Gasteiger partial charge in [-0.05, 0) is 36.8 Å². The Kier molecular flexibility index (Phi) is 5.55. The molecule has 0 bridgehead atoms. The lowest BCUT2D eigenvalue weighted by atomic mass is 10.2. The molecule has 1 unspecified atom stereocenters. The van der Waals surface area contributed by atoms with Gasteiger partial charge in [0.05, 0.1) is 23.7 Å². The second-order valence-corrected chi connectivity index (χ2v) is 8.07. The molecule has 142 valence electrons. The average Bonchev–Trinajstić information content (AvgIpc) is 3.11. The van der Waals surface area contributed by atoms with Gasteiger partial charge in [-0.1, -0.05) is 30.3 Å². The van der Waals surface area contributed by atoms with Crippen LogP contribution >= 0.6 is 0 Å². The normalized spacial score (nSPS) is 12.9. The number of sulfone groups is 1. The predicted molar refractivity (Wildman–Crippen MR) is 99.4 cm³/mol. The van der Waals surface area contributed by atoms with Gasteiger partial charge in [-0.2, -0.15) is 13.9 Å². The summed E-state index contributed by atoms with van der Waals surface area (Å²) in [6.07, 6.45) is 3.69. The summed E-state index contributed by atoms with van der Waals surface area (Å²) in [5.74, 6) is -3.43. The van der Waals surface area contributed by atoms with E-state index in [4.69, 9.17) is 0 Å². The molecule has 0 aliphatic carbocycles. The fourth-order valence-electron chi connectivity index (χ4n) is 2.64. The number of nitrogens with zero attached hydrogens (tertiary/aromatic N) is 2. The van der Waals surface area contributed by atoms with E-state index in [-0.39, 0.29) is 6.04 Å². The van der Waals surface area contributed by atoms with Crippen molar-refractivity contribution in [1.82, 2.24) is 9.78 Å². The Hall–Kier alpha value is -2.74. The average molecular weight is 391 g/mol. The number of halogens is 2. The first-order valence-electron chi connectivity index (χ1n) is 8.31. The summed E-state index contributed by atoms with van der Waals surface area (Å²) >= 11 is 0. The van der Waals surface area contributed by atoms with E-state index in [1.165, 1.54) is 24.3 Å². The fourth-order valence-corrected chi connectivity index (χ4v) is 3.36. The molecule has 0 aliphatic heterocycles. The van der Waals surface area contributed by atoms with Gasteiger partial charge in [-0.3, -0.25) is 4.68 Å². The third-order valence-corrected chi connectivity index (χ3v) is 5.54. The molecule has 0 spiro atoms. The summed E-state index contributed by atoms with van der Waals surface area (Å²) in [6, 6.07) is 15.2. The third-order valence-electron chi connectivity index (χ3n) is 4.14. The zero-order chi connectivity index (χ0) is 19.4. The minimum absolute atomic E-state index is 0.0907. The van der Waals surface area contributed by atoms with E-state index >= 15 is 0 Å². The molecule has 0 radical (unpaired) electrons. The van der Waals surface area contributed by atoms with Gasteiger partial charge in [0.1, 0.15) is 0 Å². The number of anilines is 1. The second kappa shape index (κ2) is 7.87. The van der Waals surface area contributed by atoms with Crippen LogP contribution in [0.2, 0.25) is 0 Å². The van der Waals surface area contributed by atoms with Crippen LogP contribution in [0.25, 0.3) is 0 Å². The zero-order valence-corrected chi connectivity index (χ0v) is 15.4. The molecular weight excluding hydrogens is 372 g/mol. The molecule has 0 aliphatic rings. The highest BCUT2D eigenvalue weighted by Gasteiger charge is 2.26. The van der Waals surface area contributed by atoms with Gasteiger partial charge >= 0.3 is 5.76 Å². The number of hydrogen-bond acceptors (Lipinski definition) is 4. The number of rotatable bonds is 7. The fraction of sp³-hybridized carbons (Fsp3) is 0.211. The van der Waals surface area contributed by atoms with Crippen LogP contribution in [0.3, 0.4) is 0 Å². The van der Waals surface area contributed by atoms with Crippen LogP contribution in [-0.4, -0.2) is 24.0 Å². The van der Waals surface area contributed by atoms with E-state index in [2.05, 4.69) is 10.4 Å². The van der Waals surface area contributed by atoms with Crippen LogP contribution in [-0.2, 0) is 16.4 Å². The number of aromatic nitrogens is 2. The lowest BCUT2D eigenvalue weighted by Gasteiger charge is -2.14. The monoisotopic (exact) mass is 391 g/mol. The van der Waals surface area contributed by atoms with Crippen molar-refractivity contribution >= 4 is 15.5 Å². The van der Waals surface area contributed by atoms with Crippen LogP contribution in [0.5, 0.6) is 0 Å². The Morgan fingerprint density at radius 1 is 1.07 bits per heavy atom. The Balaban J connectivity index is 1.66. The molecule has 1 aromatic heterocycles. The maximum absolute atomic E-state index is 12.6. The van der Waals surface area contributed by atoms with Crippen LogP contribution < -0.4 is 5.32 Å². The maximum atomic E-state index is 12.6. The van der Waals surface area contributed by atoms with Crippen LogP contribution in [0.4, 0.5) is 14.5 Å². The summed E-state index contributed by atoms with van der Waals surface area (Å²) in [4.78, 5) is -0.397. The standard InChI is InChI=1S/C19H19F2N3O2S/c1-14(16-11-22-24(13-16)12-15-5-3-2-4-6-15)23-17-7-9-18(10-8-17)27(25,26)19(20)21/h2-11,13-14,19,23H,12H2,1H3. The maximum Gasteiger partial charge on any atom is 0.341 e. The largest absolute Gasteiger partial charge is 0.378 e. The van der Waals surface area contributed by atoms with Crippen molar-refractivity contribution in [2.45, 2.75) is 30.2 Å². The lowest BCUT2D eigenvalue weighted by molar-refractivity contribution is 0.234. The molecule has 0 fully saturated rings. The molecule has 0 amide bonds. The lowest BCUT2D eigenvalue weighted by Crippen LogP contribution is -2.11. The highest BCUT2D eigenvalue weighted by Crippen LogP contribution is 2.23. The van der Waals surface area contributed by atoms with Gasteiger partial charge in [-0.25, -0.2) is 8.42 Å². The topological polar surface area (TPSA) is 64.0 Å². The van der Waals surface area contributed by atoms with E-state index in [1.54, 1.807) is 6.20 Å². The quantitative estimate of drug-likeness (QED) is 0.659. The first-order chi connectivity index (χ1) is 12.9. The summed E-state index contributed by atoms with van der Waals surface area (Å²) in [7, 11) is -4.58. The van der Waals surface area contributed by atoms with Crippen molar-refractivity contribution in [3.63, 3.8) is 0 Å². The van der Waals surface area contributed by atoms with E-state index < -0.39 is 20.5 Å². The van der Waals surface area contributed by atoms with Gasteiger partial charge < -0.3 is 5.32 Å². The molecule has 2 aromatic carbocycles. The first kappa shape index (κ1) is 19.0. The van der Waals surface area contributed by atoms with Crippen LogP contribution in [0.15, 0.2) is 71.9 Å². The van der Waals surface area contributed by atoms with E-state index in [9.17, 15) is 17.2 Å². The molecule has 1 atom stereocenters.